The maximum atomic E-state index is 13.3. The lowest BCUT2D eigenvalue weighted by molar-refractivity contribution is -0.870. The Morgan fingerprint density at radius 3 is 2.23 bits per heavy atom. The first-order chi connectivity index (χ1) is 14.7. The van der Waals surface area contributed by atoms with Gasteiger partial charge in [-0.15, -0.1) is 0 Å². The maximum absolute atomic E-state index is 13.3. The van der Waals surface area contributed by atoms with E-state index < -0.39 is 5.91 Å². The van der Waals surface area contributed by atoms with Crippen molar-refractivity contribution in [3.8, 4) is 0 Å². The lowest BCUT2D eigenvalue weighted by Gasteiger charge is -2.25. The molecule has 1 aliphatic carbocycles. The molecule has 0 unspecified atom stereocenters. The molecule has 0 spiro atoms. The number of anilines is 2. The number of carbonyl (C=O) groups is 3. The number of ketones is 2. The molecule has 0 heterocycles. The number of hydrogen-bond acceptors (Lipinski definition) is 6. The quantitative estimate of drug-likeness (QED) is 0.245. The number of nitrogens with one attached hydrogen (secondary N) is 2. The molecule has 5 N–H and O–H groups in total. The number of benzene rings is 2. The molecule has 0 bridgehead atoms. The third kappa shape index (κ3) is 4.60. The molecule has 0 saturated carbocycles. The molecule has 3 rings (SSSR count). The molecule has 164 valence electrons. The van der Waals surface area contributed by atoms with Gasteiger partial charge in [0, 0.05) is 36.3 Å². The predicted octanol–water partition coefficient (Wildman–Crippen LogP) is 1.27. The van der Waals surface area contributed by atoms with E-state index in [9.17, 15) is 14.4 Å². The SMILES string of the molecule is C[N+](C)(C)CCCNc1cc(C(=O)NCCO)c(N)c2c1C(=O)c1ccccc1C2=O. The van der Waals surface area contributed by atoms with Crippen LogP contribution in [-0.2, 0) is 0 Å². The van der Waals surface area contributed by atoms with Gasteiger partial charge in [-0.05, 0) is 6.07 Å². The third-order valence-electron chi connectivity index (χ3n) is 5.20. The van der Waals surface area contributed by atoms with Crippen molar-refractivity contribution in [2.24, 2.45) is 0 Å². The summed E-state index contributed by atoms with van der Waals surface area (Å²) in [6, 6.07) is 8.13. The summed E-state index contributed by atoms with van der Waals surface area (Å²) in [4.78, 5) is 39.2. The summed E-state index contributed by atoms with van der Waals surface area (Å²) in [6.07, 6.45) is 0.827. The van der Waals surface area contributed by atoms with Crippen LogP contribution in [0.5, 0.6) is 0 Å². The van der Waals surface area contributed by atoms with E-state index in [1.807, 2.05) is 0 Å². The highest BCUT2D eigenvalue weighted by molar-refractivity contribution is 6.32. The Morgan fingerprint density at radius 2 is 1.65 bits per heavy atom. The average Bonchev–Trinajstić information content (AvgIpc) is 2.73. The number of nitrogen functional groups attached to an aromatic ring is 1. The molecule has 0 radical (unpaired) electrons. The Hall–Kier alpha value is -3.23. The van der Waals surface area contributed by atoms with Crippen LogP contribution in [-0.4, -0.2) is 74.4 Å². The predicted molar refractivity (Wildman–Crippen MR) is 120 cm³/mol. The van der Waals surface area contributed by atoms with Gasteiger partial charge < -0.3 is 26.0 Å². The highest BCUT2D eigenvalue weighted by atomic mass is 16.3. The van der Waals surface area contributed by atoms with E-state index in [1.54, 1.807) is 24.3 Å². The van der Waals surface area contributed by atoms with Crippen molar-refractivity contribution >= 4 is 28.8 Å². The number of hydrogen-bond donors (Lipinski definition) is 4. The molecule has 8 heteroatoms. The standard InChI is InChI=1S/C23H28N4O4/c1-27(2,3)11-6-9-25-17-13-16(23(31)26-10-12-28)20(24)19-18(17)21(29)14-7-4-5-8-15(14)22(19)30/h4-5,7-8,13,28H,6,9-12H2,1-3H3,(H3-,24,25,26,29,30,31)/p+1. The zero-order chi connectivity index (χ0) is 22.8. The summed E-state index contributed by atoms with van der Waals surface area (Å²) in [5.74, 6) is -1.19. The summed E-state index contributed by atoms with van der Waals surface area (Å²) in [5.41, 5.74) is 7.57. The zero-order valence-electron chi connectivity index (χ0n) is 18.1. The first-order valence-electron chi connectivity index (χ1n) is 10.2. The second kappa shape index (κ2) is 8.87. The zero-order valence-corrected chi connectivity index (χ0v) is 18.1. The van der Waals surface area contributed by atoms with Gasteiger partial charge in [-0.2, -0.15) is 0 Å². The molecule has 31 heavy (non-hydrogen) atoms. The van der Waals surface area contributed by atoms with Crippen LogP contribution >= 0.6 is 0 Å². The molecule has 1 amide bonds. The minimum atomic E-state index is -0.511. The van der Waals surface area contributed by atoms with Crippen molar-refractivity contribution in [1.82, 2.24) is 5.32 Å². The van der Waals surface area contributed by atoms with E-state index in [0.29, 0.717) is 17.8 Å². The van der Waals surface area contributed by atoms with Crippen LogP contribution in [0.1, 0.15) is 48.6 Å². The van der Waals surface area contributed by atoms with Crippen molar-refractivity contribution in [3.63, 3.8) is 0 Å². The highest BCUT2D eigenvalue weighted by Crippen LogP contribution is 2.37. The van der Waals surface area contributed by atoms with Crippen LogP contribution in [0.3, 0.4) is 0 Å². The third-order valence-corrected chi connectivity index (χ3v) is 5.20. The first kappa shape index (κ1) is 22.5. The molecule has 0 fully saturated rings. The fraction of sp³-hybridized carbons (Fsp3) is 0.348. The number of nitrogens with zero attached hydrogens (tertiary/aromatic N) is 1. The second-order valence-electron chi connectivity index (χ2n) is 8.61. The van der Waals surface area contributed by atoms with Gasteiger partial charge in [-0.25, -0.2) is 0 Å². The summed E-state index contributed by atoms with van der Waals surface area (Å²) < 4.78 is 0.793. The topological polar surface area (TPSA) is 122 Å². The molecule has 0 atom stereocenters. The molecule has 0 aliphatic heterocycles. The summed E-state index contributed by atoms with van der Waals surface area (Å²) in [7, 11) is 6.27. The van der Waals surface area contributed by atoms with Gasteiger partial charge in [0.05, 0.1) is 56.7 Å². The summed E-state index contributed by atoms with van der Waals surface area (Å²) in [5, 5.41) is 14.8. The van der Waals surface area contributed by atoms with Gasteiger partial charge in [-0.3, -0.25) is 14.4 Å². The van der Waals surface area contributed by atoms with Crippen LogP contribution in [0.4, 0.5) is 11.4 Å². The fourth-order valence-electron chi connectivity index (χ4n) is 3.69. The number of fused-ring (bicyclic) bond motifs is 2. The Balaban J connectivity index is 2.07. The molecule has 0 aromatic heterocycles. The van der Waals surface area contributed by atoms with E-state index in [0.717, 1.165) is 17.4 Å². The molecular weight excluding hydrogens is 396 g/mol. The fourth-order valence-corrected chi connectivity index (χ4v) is 3.69. The number of nitrogens with two attached hydrogens (primary N) is 1. The summed E-state index contributed by atoms with van der Waals surface area (Å²) in [6.45, 7) is 1.30. The Bertz CT molecular complexity index is 1040. The average molecular weight is 426 g/mol. The Kier molecular flexibility index (Phi) is 6.42. The minimum Gasteiger partial charge on any atom is -0.397 e. The van der Waals surface area contributed by atoms with Gasteiger partial charge in [-0.1, -0.05) is 24.3 Å². The Morgan fingerprint density at radius 1 is 1.03 bits per heavy atom. The number of aliphatic hydroxyl groups is 1. The van der Waals surface area contributed by atoms with E-state index >= 15 is 0 Å². The van der Waals surface area contributed by atoms with Gasteiger partial charge in [0.15, 0.2) is 11.6 Å². The van der Waals surface area contributed by atoms with Crippen molar-refractivity contribution in [2.45, 2.75) is 6.42 Å². The number of aliphatic hydroxyl groups excluding tert-OH is 1. The second-order valence-corrected chi connectivity index (χ2v) is 8.61. The molecule has 8 nitrogen and oxygen atoms in total. The molecule has 0 saturated heterocycles. The van der Waals surface area contributed by atoms with Gasteiger partial charge in [0.1, 0.15) is 0 Å². The molecular formula is C23H29N4O4+. The molecule has 2 aromatic rings. The number of rotatable bonds is 8. The van der Waals surface area contributed by atoms with Crippen molar-refractivity contribution in [1.29, 1.82) is 0 Å². The maximum Gasteiger partial charge on any atom is 0.253 e. The van der Waals surface area contributed by atoms with E-state index in [1.165, 1.54) is 6.07 Å². The lowest BCUT2D eigenvalue weighted by atomic mass is 9.81. The summed E-state index contributed by atoms with van der Waals surface area (Å²) >= 11 is 0. The number of quaternary nitrogens is 1. The van der Waals surface area contributed by atoms with Crippen molar-refractivity contribution < 1.29 is 24.0 Å². The van der Waals surface area contributed by atoms with Crippen LogP contribution in [0, 0.1) is 0 Å². The largest absolute Gasteiger partial charge is 0.397 e. The van der Waals surface area contributed by atoms with Gasteiger partial charge >= 0.3 is 0 Å². The number of amides is 1. The van der Waals surface area contributed by atoms with Crippen LogP contribution in [0.2, 0.25) is 0 Å². The van der Waals surface area contributed by atoms with E-state index in [2.05, 4.69) is 31.8 Å². The first-order valence-corrected chi connectivity index (χ1v) is 10.2. The highest BCUT2D eigenvalue weighted by Gasteiger charge is 2.35. The smallest absolute Gasteiger partial charge is 0.253 e. The Labute approximate surface area is 181 Å². The van der Waals surface area contributed by atoms with Crippen LogP contribution in [0.15, 0.2) is 30.3 Å². The van der Waals surface area contributed by atoms with E-state index in [4.69, 9.17) is 10.8 Å². The lowest BCUT2D eigenvalue weighted by Crippen LogP contribution is -2.36. The monoisotopic (exact) mass is 425 g/mol. The molecule has 2 aromatic carbocycles. The molecule has 1 aliphatic rings. The van der Waals surface area contributed by atoms with Crippen LogP contribution in [0.25, 0.3) is 0 Å². The normalized spacial score (nSPS) is 12.9. The van der Waals surface area contributed by atoms with Crippen LogP contribution < -0.4 is 16.4 Å². The number of carbonyl (C=O) groups excluding carboxylic acids is 3. The van der Waals surface area contributed by atoms with Gasteiger partial charge in [0.2, 0.25) is 0 Å². The van der Waals surface area contributed by atoms with Gasteiger partial charge in [0.25, 0.3) is 5.91 Å². The minimum absolute atomic E-state index is 0.0322. The van der Waals surface area contributed by atoms with Crippen molar-refractivity contribution in [2.75, 3.05) is 58.4 Å². The van der Waals surface area contributed by atoms with Crippen molar-refractivity contribution in [3.05, 3.63) is 58.1 Å². The van der Waals surface area contributed by atoms with E-state index in [-0.39, 0.29) is 52.7 Å².